The lowest BCUT2D eigenvalue weighted by atomic mass is 10.1. The van der Waals surface area contributed by atoms with Gasteiger partial charge < -0.3 is 5.32 Å². The molecular weight excluding hydrogens is 289 g/mol. The van der Waals surface area contributed by atoms with Gasteiger partial charge in [-0.25, -0.2) is 0 Å². The van der Waals surface area contributed by atoms with E-state index in [0.717, 1.165) is 6.07 Å². The number of alkyl halides is 3. The molecule has 0 unspecified atom stereocenters. The smallest absolute Gasteiger partial charge is 0.353 e. The molecule has 1 N–H and O–H groups in total. The highest BCUT2D eigenvalue weighted by Gasteiger charge is 2.38. The van der Waals surface area contributed by atoms with E-state index >= 15 is 0 Å². The predicted octanol–water partition coefficient (Wildman–Crippen LogP) is 3.40. The maximum absolute atomic E-state index is 12.9. The minimum atomic E-state index is -4.80. The Morgan fingerprint density at radius 1 is 1.38 bits per heavy atom. The number of halogens is 3. The Balaban J connectivity index is 2.43. The van der Waals surface area contributed by atoms with E-state index in [0.29, 0.717) is 17.4 Å². The Hall–Kier alpha value is -2.58. The normalized spacial score (nSPS) is 11.5. The summed E-state index contributed by atoms with van der Waals surface area (Å²) in [5, 5.41) is 17.5. The summed E-state index contributed by atoms with van der Waals surface area (Å²) in [5.74, 6) is 0. The van der Waals surface area contributed by atoms with Crippen LogP contribution < -0.4 is 5.32 Å². The second-order valence-corrected chi connectivity index (χ2v) is 4.41. The molecule has 1 heterocycles. The van der Waals surface area contributed by atoms with Gasteiger partial charge in [0.2, 0.25) is 0 Å². The van der Waals surface area contributed by atoms with Gasteiger partial charge in [-0.3, -0.25) is 14.8 Å². The molecule has 0 spiro atoms. The van der Waals surface area contributed by atoms with Crippen LogP contribution in [0, 0.1) is 17.0 Å². The molecule has 0 bridgehead atoms. The van der Waals surface area contributed by atoms with Crippen LogP contribution in [0.2, 0.25) is 0 Å². The van der Waals surface area contributed by atoms with Crippen molar-refractivity contribution in [1.82, 2.24) is 9.78 Å². The fourth-order valence-corrected chi connectivity index (χ4v) is 1.88. The number of nitro groups is 1. The van der Waals surface area contributed by atoms with Crippen molar-refractivity contribution in [3.63, 3.8) is 0 Å². The van der Waals surface area contributed by atoms with Crippen molar-refractivity contribution in [2.45, 2.75) is 13.1 Å². The first-order chi connectivity index (χ1) is 9.68. The molecule has 21 heavy (non-hydrogen) atoms. The summed E-state index contributed by atoms with van der Waals surface area (Å²) in [5.41, 5.74) is -1.04. The number of nitro benzene ring substituents is 1. The predicted molar refractivity (Wildman–Crippen MR) is 69.3 cm³/mol. The van der Waals surface area contributed by atoms with E-state index in [4.69, 9.17) is 0 Å². The Morgan fingerprint density at radius 2 is 2.05 bits per heavy atom. The molecule has 1 aromatic heterocycles. The van der Waals surface area contributed by atoms with E-state index in [9.17, 15) is 23.3 Å². The highest BCUT2D eigenvalue weighted by molar-refractivity contribution is 5.64. The maximum Gasteiger partial charge on any atom is 0.423 e. The van der Waals surface area contributed by atoms with Gasteiger partial charge >= 0.3 is 6.18 Å². The fraction of sp³-hybridized carbons (Fsp3) is 0.250. The standard InChI is InChI=1S/C12H11F3N4O2/c1-7-10(6-18(2)17-7)16-8-3-4-11(19(20)21)9(5-8)12(13,14)15/h3-6,16H,1-2H3. The third kappa shape index (κ3) is 3.12. The minimum Gasteiger partial charge on any atom is -0.353 e. The molecule has 0 fully saturated rings. The molecule has 0 radical (unpaired) electrons. The van der Waals surface area contributed by atoms with E-state index in [1.54, 1.807) is 20.2 Å². The topological polar surface area (TPSA) is 73.0 Å². The molecule has 0 amide bonds. The summed E-state index contributed by atoms with van der Waals surface area (Å²) >= 11 is 0. The Labute approximate surface area is 117 Å². The summed E-state index contributed by atoms with van der Waals surface area (Å²) in [6, 6.07) is 2.77. The van der Waals surface area contributed by atoms with Crippen molar-refractivity contribution in [3.8, 4) is 0 Å². The van der Waals surface area contributed by atoms with Gasteiger partial charge in [-0.2, -0.15) is 18.3 Å². The number of nitrogens with one attached hydrogen (secondary N) is 1. The molecule has 0 aliphatic carbocycles. The highest BCUT2D eigenvalue weighted by Crippen LogP contribution is 2.38. The minimum absolute atomic E-state index is 0.101. The van der Waals surface area contributed by atoms with Crippen LogP contribution in [0.5, 0.6) is 0 Å². The van der Waals surface area contributed by atoms with E-state index in [1.165, 1.54) is 10.7 Å². The van der Waals surface area contributed by atoms with E-state index in [2.05, 4.69) is 10.4 Å². The average molecular weight is 300 g/mol. The SMILES string of the molecule is Cc1nn(C)cc1Nc1ccc([N+](=O)[O-])c(C(F)(F)F)c1. The number of anilines is 2. The van der Waals surface area contributed by atoms with Gasteiger partial charge in [-0.05, 0) is 19.1 Å². The lowest BCUT2D eigenvalue weighted by Crippen LogP contribution is -2.09. The Morgan fingerprint density at radius 3 is 2.52 bits per heavy atom. The van der Waals surface area contributed by atoms with Crippen LogP contribution in [0.15, 0.2) is 24.4 Å². The second-order valence-electron chi connectivity index (χ2n) is 4.41. The van der Waals surface area contributed by atoms with Crippen molar-refractivity contribution in [1.29, 1.82) is 0 Å². The first-order valence-electron chi connectivity index (χ1n) is 5.81. The van der Waals surface area contributed by atoms with Crippen molar-refractivity contribution in [3.05, 3.63) is 45.8 Å². The maximum atomic E-state index is 12.9. The van der Waals surface area contributed by atoms with Crippen LogP contribution in [0.25, 0.3) is 0 Å². The number of nitrogens with zero attached hydrogens (tertiary/aromatic N) is 3. The molecule has 0 saturated heterocycles. The third-order valence-electron chi connectivity index (χ3n) is 2.79. The quantitative estimate of drug-likeness (QED) is 0.696. The summed E-state index contributed by atoms with van der Waals surface area (Å²) < 4.78 is 40.1. The molecular formula is C12H11F3N4O2. The molecule has 0 atom stereocenters. The van der Waals surface area contributed by atoms with Gasteiger partial charge in [0.05, 0.1) is 16.3 Å². The van der Waals surface area contributed by atoms with Gasteiger partial charge in [0.15, 0.2) is 0 Å². The molecule has 9 heteroatoms. The molecule has 6 nitrogen and oxygen atoms in total. The van der Waals surface area contributed by atoms with Crippen LogP contribution in [-0.4, -0.2) is 14.7 Å². The van der Waals surface area contributed by atoms with Gasteiger partial charge in [0.1, 0.15) is 5.56 Å². The molecule has 112 valence electrons. The number of rotatable bonds is 3. The lowest BCUT2D eigenvalue weighted by molar-refractivity contribution is -0.388. The zero-order chi connectivity index (χ0) is 15.8. The zero-order valence-electron chi connectivity index (χ0n) is 11.1. The van der Waals surface area contributed by atoms with E-state index < -0.39 is 22.4 Å². The molecule has 0 aliphatic rings. The first kappa shape index (κ1) is 14.8. The summed E-state index contributed by atoms with van der Waals surface area (Å²) in [4.78, 5) is 9.61. The van der Waals surface area contributed by atoms with E-state index in [-0.39, 0.29) is 5.69 Å². The van der Waals surface area contributed by atoms with Gasteiger partial charge in [-0.15, -0.1) is 0 Å². The molecule has 0 aliphatic heterocycles. The fourth-order valence-electron chi connectivity index (χ4n) is 1.88. The largest absolute Gasteiger partial charge is 0.423 e. The number of hydrogen-bond acceptors (Lipinski definition) is 4. The molecule has 1 aromatic carbocycles. The van der Waals surface area contributed by atoms with Crippen LogP contribution >= 0.6 is 0 Å². The first-order valence-corrected chi connectivity index (χ1v) is 5.81. The Kier molecular flexibility index (Phi) is 3.58. The highest BCUT2D eigenvalue weighted by atomic mass is 19.4. The van der Waals surface area contributed by atoms with Crippen molar-refractivity contribution >= 4 is 17.1 Å². The monoisotopic (exact) mass is 300 g/mol. The van der Waals surface area contributed by atoms with Crippen LogP contribution in [-0.2, 0) is 13.2 Å². The number of aromatic nitrogens is 2. The van der Waals surface area contributed by atoms with Crippen molar-refractivity contribution in [2.75, 3.05) is 5.32 Å². The van der Waals surface area contributed by atoms with Gasteiger partial charge in [0.25, 0.3) is 5.69 Å². The van der Waals surface area contributed by atoms with Gasteiger partial charge in [0, 0.05) is 25.0 Å². The summed E-state index contributed by atoms with van der Waals surface area (Å²) in [6.45, 7) is 1.69. The van der Waals surface area contributed by atoms with Crippen molar-refractivity contribution in [2.24, 2.45) is 7.05 Å². The zero-order valence-corrected chi connectivity index (χ0v) is 11.1. The number of aryl methyl sites for hydroxylation is 2. The number of hydrogen-bond donors (Lipinski definition) is 1. The molecule has 2 rings (SSSR count). The summed E-state index contributed by atoms with van der Waals surface area (Å²) in [6.07, 6.45) is -3.20. The third-order valence-corrected chi connectivity index (χ3v) is 2.79. The Bertz CT molecular complexity index is 694. The summed E-state index contributed by atoms with van der Waals surface area (Å²) in [7, 11) is 1.68. The molecule has 0 saturated carbocycles. The van der Waals surface area contributed by atoms with Gasteiger partial charge in [-0.1, -0.05) is 0 Å². The van der Waals surface area contributed by atoms with Crippen molar-refractivity contribution < 1.29 is 18.1 Å². The second kappa shape index (κ2) is 5.08. The lowest BCUT2D eigenvalue weighted by Gasteiger charge is -2.10. The van der Waals surface area contributed by atoms with Crippen LogP contribution in [0.1, 0.15) is 11.3 Å². The average Bonchev–Trinajstić information content (AvgIpc) is 2.66. The van der Waals surface area contributed by atoms with E-state index in [1.807, 2.05) is 0 Å². The number of benzene rings is 1. The molecule has 2 aromatic rings. The van der Waals surface area contributed by atoms with Crippen LogP contribution in [0.4, 0.5) is 30.2 Å². The van der Waals surface area contributed by atoms with Crippen LogP contribution in [0.3, 0.4) is 0 Å².